The first-order chi connectivity index (χ1) is 31.3. The maximum atomic E-state index is 15.6. The van der Waals surface area contributed by atoms with Crippen LogP contribution in [0.4, 0.5) is 26.4 Å². The van der Waals surface area contributed by atoms with E-state index < -0.39 is 29.4 Å². The van der Waals surface area contributed by atoms with E-state index in [1.165, 1.54) is 17.8 Å². The van der Waals surface area contributed by atoms with Gasteiger partial charge in [-0.2, -0.15) is 5.10 Å². The molecule has 1 spiro atoms. The number of piperidine rings is 2. The number of hydrogen-bond donors (Lipinski definition) is 2. The molecule has 4 aliphatic rings. The number of amides is 2. The molecule has 2 aromatic carbocycles. The van der Waals surface area contributed by atoms with Crippen LogP contribution in [0.15, 0.2) is 83.0 Å². The summed E-state index contributed by atoms with van der Waals surface area (Å²) in [6.07, 6.45) is 9.49. The van der Waals surface area contributed by atoms with Gasteiger partial charge in [0.1, 0.15) is 22.3 Å². The minimum Gasteiger partial charge on any atom is -0.461 e. The molecule has 0 aliphatic carbocycles. The number of carbonyl (C=O) groups is 3. The van der Waals surface area contributed by atoms with Crippen LogP contribution >= 0.6 is 11.8 Å². The van der Waals surface area contributed by atoms with E-state index in [1.807, 2.05) is 52.0 Å². The number of alkyl carbamates (subject to hydrolysis) is 1. The number of aromatic nitrogens is 4. The fourth-order valence-electron chi connectivity index (χ4n) is 9.25. The van der Waals surface area contributed by atoms with Crippen LogP contribution in [0.2, 0.25) is 0 Å². The molecule has 344 valence electrons. The monoisotopic (exact) mass is 907 g/mol. The highest BCUT2D eigenvalue weighted by molar-refractivity contribution is 7.99. The number of halogens is 1. The van der Waals surface area contributed by atoms with Crippen molar-refractivity contribution in [1.82, 2.24) is 30.4 Å². The number of ether oxygens (including phenoxy) is 3. The fourth-order valence-corrected chi connectivity index (χ4v) is 10.0. The fraction of sp³-hybridized carbons (Fsp3) is 0.479. The van der Waals surface area contributed by atoms with Crippen molar-refractivity contribution in [2.24, 2.45) is 5.41 Å². The zero-order valence-corrected chi connectivity index (χ0v) is 38.5. The van der Waals surface area contributed by atoms with Crippen LogP contribution in [0.3, 0.4) is 0 Å². The summed E-state index contributed by atoms with van der Waals surface area (Å²) in [4.78, 5) is 55.0. The van der Waals surface area contributed by atoms with E-state index in [-0.39, 0.29) is 35.4 Å². The smallest absolute Gasteiger partial charge is 0.407 e. The van der Waals surface area contributed by atoms with Crippen molar-refractivity contribution in [3.63, 3.8) is 0 Å². The number of anilines is 3. The molecule has 3 fully saturated rings. The maximum absolute atomic E-state index is 15.6. The van der Waals surface area contributed by atoms with E-state index in [2.05, 4.69) is 41.6 Å². The van der Waals surface area contributed by atoms with Gasteiger partial charge in [0.15, 0.2) is 5.69 Å². The minimum absolute atomic E-state index is 0.108. The molecule has 2 atom stereocenters. The van der Waals surface area contributed by atoms with Gasteiger partial charge in [0.2, 0.25) is 0 Å². The first-order valence-electron chi connectivity index (χ1n) is 22.5. The van der Waals surface area contributed by atoms with Crippen molar-refractivity contribution in [3.05, 3.63) is 95.8 Å². The molecule has 6 heterocycles. The molecule has 2 N–H and O–H groups in total. The predicted molar refractivity (Wildman–Crippen MR) is 247 cm³/mol. The van der Waals surface area contributed by atoms with Gasteiger partial charge in [-0.3, -0.25) is 9.69 Å². The maximum Gasteiger partial charge on any atom is 0.407 e. The molecule has 4 aliphatic heterocycles. The van der Waals surface area contributed by atoms with E-state index in [1.54, 1.807) is 43.6 Å². The van der Waals surface area contributed by atoms with E-state index >= 15 is 4.39 Å². The second-order valence-electron chi connectivity index (χ2n) is 18.2. The third-order valence-electron chi connectivity index (χ3n) is 12.7. The van der Waals surface area contributed by atoms with Crippen molar-refractivity contribution >= 4 is 52.5 Å². The van der Waals surface area contributed by atoms with Crippen LogP contribution in [0.5, 0.6) is 0 Å². The van der Waals surface area contributed by atoms with Gasteiger partial charge in [-0.1, -0.05) is 23.9 Å². The highest BCUT2D eigenvalue weighted by atomic mass is 32.2. The third-order valence-corrected chi connectivity index (χ3v) is 13.6. The summed E-state index contributed by atoms with van der Waals surface area (Å²) in [5, 5.41) is 15.0. The number of carbonyl (C=O) groups excluding carboxylic acids is 3. The summed E-state index contributed by atoms with van der Waals surface area (Å²) < 4.78 is 32.2. The van der Waals surface area contributed by atoms with Crippen LogP contribution in [0.1, 0.15) is 93.3 Å². The largest absolute Gasteiger partial charge is 0.461 e. The Morgan fingerprint density at radius 1 is 0.954 bits per heavy atom. The lowest BCUT2D eigenvalue weighted by Gasteiger charge is -2.42. The zero-order valence-electron chi connectivity index (χ0n) is 37.7. The summed E-state index contributed by atoms with van der Waals surface area (Å²) in [5.74, 6) is -0.504. The van der Waals surface area contributed by atoms with Crippen molar-refractivity contribution < 1.29 is 33.0 Å². The topological polar surface area (TPSA) is 164 Å². The van der Waals surface area contributed by atoms with Crippen molar-refractivity contribution in [1.29, 1.82) is 0 Å². The van der Waals surface area contributed by atoms with Crippen molar-refractivity contribution in [2.75, 3.05) is 67.6 Å². The predicted octanol–water partition coefficient (Wildman–Crippen LogP) is 7.64. The normalized spacial score (nSPS) is 20.3. The van der Waals surface area contributed by atoms with Crippen molar-refractivity contribution in [3.8, 4) is 0 Å². The number of esters is 1. The van der Waals surface area contributed by atoms with Gasteiger partial charge in [-0.25, -0.2) is 23.9 Å². The molecule has 65 heavy (non-hydrogen) atoms. The molecule has 0 bridgehead atoms. The van der Waals surface area contributed by atoms with Gasteiger partial charge in [0.05, 0.1) is 49.1 Å². The summed E-state index contributed by atoms with van der Waals surface area (Å²) in [7, 11) is 0. The van der Waals surface area contributed by atoms with E-state index in [0.29, 0.717) is 42.1 Å². The number of nitrogens with zero attached hydrogens (tertiary/aromatic N) is 7. The average molecular weight is 908 g/mol. The highest BCUT2D eigenvalue weighted by Crippen LogP contribution is 2.43. The molecule has 8 rings (SSSR count). The van der Waals surface area contributed by atoms with Crippen LogP contribution in [-0.2, 0) is 14.2 Å². The SMILES string of the molecule is CCOC(=O)c1ccc(C2=CCN(C3CCN(c4ccc(C(=O)Nc5cccc(Sc6cnc(N7CCC8(CC7)CO[C@@H](C)[C@H]8NC(=O)OC(C)(C)C)cn6)c5)cc4F)CC3)CC2)nn1. The Balaban J connectivity index is 0.794. The molecule has 15 nitrogen and oxygen atoms in total. The molecule has 3 saturated heterocycles. The van der Waals surface area contributed by atoms with E-state index in [9.17, 15) is 14.4 Å². The quantitative estimate of drug-likeness (QED) is 0.141. The zero-order chi connectivity index (χ0) is 45.7. The first-order valence-corrected chi connectivity index (χ1v) is 23.3. The number of rotatable bonds is 11. The van der Waals surface area contributed by atoms with Gasteiger partial charge in [-0.05, 0) is 121 Å². The molecule has 0 radical (unpaired) electrons. The van der Waals surface area contributed by atoms with Crippen molar-refractivity contribution in [2.45, 2.75) is 100 Å². The Morgan fingerprint density at radius 3 is 2.42 bits per heavy atom. The molecule has 2 aromatic heterocycles. The van der Waals surface area contributed by atoms with Gasteiger partial charge in [-0.15, -0.1) is 5.10 Å². The Hall–Kier alpha value is -5.65. The molecular formula is C48H58FN9O6S. The molecule has 0 unspecified atom stereocenters. The third kappa shape index (κ3) is 11.1. The molecule has 4 aromatic rings. The van der Waals surface area contributed by atoms with Gasteiger partial charge in [0, 0.05) is 66.9 Å². The van der Waals surface area contributed by atoms with E-state index in [0.717, 1.165) is 80.3 Å². The summed E-state index contributed by atoms with van der Waals surface area (Å²) in [6, 6.07) is 15.9. The number of nitrogens with one attached hydrogen (secondary N) is 2. The molecule has 17 heteroatoms. The first kappa shape index (κ1) is 45.9. The lowest BCUT2D eigenvalue weighted by Crippen LogP contribution is -2.55. The Bertz CT molecular complexity index is 2360. The Labute approximate surface area is 383 Å². The average Bonchev–Trinajstić information content (AvgIpc) is 3.59. The van der Waals surface area contributed by atoms with Crippen LogP contribution in [0, 0.1) is 11.2 Å². The molecule has 2 amide bonds. The Morgan fingerprint density at radius 2 is 1.75 bits per heavy atom. The summed E-state index contributed by atoms with van der Waals surface area (Å²) in [5.41, 5.74) is 2.66. The van der Waals surface area contributed by atoms with E-state index in [4.69, 9.17) is 24.2 Å². The second kappa shape index (κ2) is 19.8. The second-order valence-corrected chi connectivity index (χ2v) is 19.3. The summed E-state index contributed by atoms with van der Waals surface area (Å²) in [6.45, 7) is 14.8. The number of benzene rings is 2. The lowest BCUT2D eigenvalue weighted by atomic mass is 9.73. The molecular weight excluding hydrogens is 850 g/mol. The minimum atomic E-state index is -0.578. The van der Waals surface area contributed by atoms with Crippen LogP contribution < -0.4 is 20.4 Å². The molecule has 0 saturated carbocycles. The summed E-state index contributed by atoms with van der Waals surface area (Å²) >= 11 is 1.43. The van der Waals surface area contributed by atoms with Gasteiger partial charge >= 0.3 is 12.1 Å². The van der Waals surface area contributed by atoms with Crippen LogP contribution in [0.25, 0.3) is 5.57 Å². The standard InChI is InChI=1S/C48H58FN9O6S/c1-6-62-45(60)39-12-11-38(54-55-39)32-14-20-56(21-15-32)35-16-22-57(23-17-35)40-13-10-33(26-37(40)49)44(59)52-34-8-7-9-36(27-34)65-42-29-50-41(28-51-42)58-24-18-48(19-25-58)30-63-31(2)43(48)53-46(61)64-47(3,4)5/h7-14,26-29,31,35,43H,6,15-25,30H2,1-5H3,(H,52,59)(H,53,61)/t31-,43+/m0/s1. The van der Waals surface area contributed by atoms with Gasteiger partial charge < -0.3 is 34.6 Å². The van der Waals surface area contributed by atoms with Gasteiger partial charge in [0.25, 0.3) is 5.91 Å². The lowest BCUT2D eigenvalue weighted by molar-refractivity contribution is 0.0433. The number of hydrogen-bond acceptors (Lipinski definition) is 14. The highest BCUT2D eigenvalue weighted by Gasteiger charge is 2.50. The van der Waals surface area contributed by atoms with Crippen LogP contribution in [-0.4, -0.2) is 119 Å². The Kier molecular flexibility index (Phi) is 14.0.